The predicted octanol–water partition coefficient (Wildman–Crippen LogP) is 3.29. The maximum atomic E-state index is 5.21. The van der Waals surface area contributed by atoms with E-state index < -0.39 is 0 Å². The van der Waals surface area contributed by atoms with Crippen molar-refractivity contribution in [1.82, 2.24) is 5.32 Å². The maximum absolute atomic E-state index is 5.21. The highest BCUT2D eigenvalue weighted by molar-refractivity contribution is 5.28. The van der Waals surface area contributed by atoms with Crippen molar-refractivity contribution in [2.24, 2.45) is 0 Å². The number of allylic oxidation sites excluding steroid dienone is 1. The molecule has 0 heterocycles. The van der Waals surface area contributed by atoms with Crippen molar-refractivity contribution in [3.05, 3.63) is 41.5 Å². The summed E-state index contributed by atoms with van der Waals surface area (Å²) in [5, 5.41) is 3.48. The summed E-state index contributed by atoms with van der Waals surface area (Å²) in [6.07, 6.45) is 7.54. The first-order valence-electron chi connectivity index (χ1n) is 6.40. The maximum Gasteiger partial charge on any atom is 0.119 e. The van der Waals surface area contributed by atoms with Crippen molar-refractivity contribution in [3.63, 3.8) is 0 Å². The van der Waals surface area contributed by atoms with Crippen molar-refractivity contribution < 1.29 is 4.74 Å². The predicted molar refractivity (Wildman–Crippen MR) is 71.3 cm³/mol. The van der Waals surface area contributed by atoms with Crippen LogP contribution in [0.5, 0.6) is 5.75 Å². The summed E-state index contributed by atoms with van der Waals surface area (Å²) in [5.41, 5.74) is 2.91. The molecule has 92 valence electrons. The van der Waals surface area contributed by atoms with E-state index in [0.717, 1.165) is 18.8 Å². The Bertz CT molecular complexity index is 384. The Morgan fingerprint density at radius 2 is 2.29 bits per heavy atom. The third kappa shape index (κ3) is 3.90. The van der Waals surface area contributed by atoms with Gasteiger partial charge < -0.3 is 10.1 Å². The number of nitrogens with one attached hydrogen (secondary N) is 1. The molecule has 0 saturated heterocycles. The lowest BCUT2D eigenvalue weighted by Crippen LogP contribution is -2.15. The summed E-state index contributed by atoms with van der Waals surface area (Å²) < 4.78 is 5.21. The van der Waals surface area contributed by atoms with Crippen LogP contribution >= 0.6 is 0 Å². The molecule has 0 amide bonds. The molecule has 1 aromatic rings. The van der Waals surface area contributed by atoms with Crippen LogP contribution in [0, 0.1) is 0 Å². The molecular weight excluding hydrogens is 210 g/mol. The Balaban J connectivity index is 1.70. The molecule has 17 heavy (non-hydrogen) atoms. The third-order valence-electron chi connectivity index (χ3n) is 3.22. The molecule has 0 atom stereocenters. The molecule has 2 heteroatoms. The quantitative estimate of drug-likeness (QED) is 0.599. The smallest absolute Gasteiger partial charge is 0.119 e. The Morgan fingerprint density at radius 3 is 3.06 bits per heavy atom. The molecule has 1 aliphatic rings. The average Bonchev–Trinajstić information content (AvgIpc) is 2.88. The zero-order valence-electron chi connectivity index (χ0n) is 10.5. The highest BCUT2D eigenvalue weighted by Gasteiger charge is 2.03. The van der Waals surface area contributed by atoms with E-state index in [1.54, 1.807) is 12.7 Å². The molecule has 1 aromatic carbocycles. The lowest BCUT2D eigenvalue weighted by Gasteiger charge is -2.07. The van der Waals surface area contributed by atoms with Gasteiger partial charge >= 0.3 is 0 Å². The minimum atomic E-state index is 0.921. The third-order valence-corrected chi connectivity index (χ3v) is 3.22. The molecule has 2 rings (SSSR count). The first-order chi connectivity index (χ1) is 8.38. The summed E-state index contributed by atoms with van der Waals surface area (Å²) in [6, 6.07) is 8.23. The number of benzene rings is 1. The lowest BCUT2D eigenvalue weighted by molar-refractivity contribution is 0.414. The molecule has 0 aliphatic heterocycles. The summed E-state index contributed by atoms with van der Waals surface area (Å²) in [7, 11) is 1.71. The van der Waals surface area contributed by atoms with Crippen molar-refractivity contribution in [1.29, 1.82) is 0 Å². The Hall–Kier alpha value is -1.28. The van der Waals surface area contributed by atoms with Crippen LogP contribution in [0.3, 0.4) is 0 Å². The van der Waals surface area contributed by atoms with E-state index in [9.17, 15) is 0 Å². The molecule has 0 saturated carbocycles. The van der Waals surface area contributed by atoms with Gasteiger partial charge in [0.1, 0.15) is 5.75 Å². The standard InChI is InChI=1S/C15H21NO/c1-17-15-8-4-7-14(11-15)12-16-10-9-13-5-2-3-6-13/h4-5,7-8,11,16H,2-3,6,9-10,12H2,1H3. The zero-order chi connectivity index (χ0) is 11.9. The van der Waals surface area contributed by atoms with Crippen LogP contribution in [0.2, 0.25) is 0 Å². The largest absolute Gasteiger partial charge is 0.497 e. The molecular formula is C15H21NO. The molecule has 0 aromatic heterocycles. The lowest BCUT2D eigenvalue weighted by atomic mass is 10.1. The number of hydrogen-bond donors (Lipinski definition) is 1. The summed E-state index contributed by atoms with van der Waals surface area (Å²) in [4.78, 5) is 0. The van der Waals surface area contributed by atoms with Crippen LogP contribution in [0.1, 0.15) is 31.2 Å². The van der Waals surface area contributed by atoms with E-state index in [0.29, 0.717) is 0 Å². The Kier molecular flexibility index (Phi) is 4.63. The monoisotopic (exact) mass is 231 g/mol. The molecule has 1 aliphatic carbocycles. The van der Waals surface area contributed by atoms with Crippen molar-refractivity contribution in [2.75, 3.05) is 13.7 Å². The Morgan fingerprint density at radius 1 is 1.35 bits per heavy atom. The number of ether oxygens (including phenoxy) is 1. The second kappa shape index (κ2) is 6.45. The van der Waals surface area contributed by atoms with Gasteiger partial charge in [-0.2, -0.15) is 0 Å². The van der Waals surface area contributed by atoms with Gasteiger partial charge in [0.2, 0.25) is 0 Å². The molecule has 1 N–H and O–H groups in total. The van der Waals surface area contributed by atoms with Crippen molar-refractivity contribution >= 4 is 0 Å². The van der Waals surface area contributed by atoms with Crippen LogP contribution < -0.4 is 10.1 Å². The van der Waals surface area contributed by atoms with E-state index in [1.807, 2.05) is 12.1 Å². The second-order valence-corrected chi connectivity index (χ2v) is 4.53. The fraction of sp³-hybridized carbons (Fsp3) is 0.467. The number of rotatable bonds is 6. The highest BCUT2D eigenvalue weighted by atomic mass is 16.5. The fourth-order valence-corrected chi connectivity index (χ4v) is 2.23. The minimum absolute atomic E-state index is 0.921. The van der Waals surface area contributed by atoms with Gasteiger partial charge in [0.15, 0.2) is 0 Å². The number of methoxy groups -OCH3 is 1. The van der Waals surface area contributed by atoms with Crippen LogP contribution in [0.4, 0.5) is 0 Å². The van der Waals surface area contributed by atoms with E-state index in [2.05, 4.69) is 23.5 Å². The van der Waals surface area contributed by atoms with Crippen LogP contribution in [0.15, 0.2) is 35.9 Å². The van der Waals surface area contributed by atoms with Crippen molar-refractivity contribution in [3.8, 4) is 5.75 Å². The molecule has 0 fully saturated rings. The SMILES string of the molecule is COc1cccc(CNCCC2=CCCC2)c1. The van der Waals surface area contributed by atoms with E-state index in [-0.39, 0.29) is 0 Å². The summed E-state index contributed by atoms with van der Waals surface area (Å²) >= 11 is 0. The minimum Gasteiger partial charge on any atom is -0.497 e. The van der Waals surface area contributed by atoms with Crippen LogP contribution in [-0.2, 0) is 6.54 Å². The molecule has 0 unspecified atom stereocenters. The molecule has 0 radical (unpaired) electrons. The first-order valence-corrected chi connectivity index (χ1v) is 6.40. The van der Waals surface area contributed by atoms with Crippen LogP contribution in [-0.4, -0.2) is 13.7 Å². The van der Waals surface area contributed by atoms with Gasteiger partial charge in [-0.3, -0.25) is 0 Å². The topological polar surface area (TPSA) is 21.3 Å². The zero-order valence-corrected chi connectivity index (χ0v) is 10.5. The highest BCUT2D eigenvalue weighted by Crippen LogP contribution is 2.19. The molecule has 0 spiro atoms. The molecule has 2 nitrogen and oxygen atoms in total. The molecule has 0 bridgehead atoms. The Labute approximate surface area is 104 Å². The summed E-state index contributed by atoms with van der Waals surface area (Å²) in [5.74, 6) is 0.933. The van der Waals surface area contributed by atoms with Gasteiger partial charge in [-0.05, 0) is 49.9 Å². The van der Waals surface area contributed by atoms with E-state index in [1.165, 1.54) is 31.2 Å². The number of hydrogen-bond acceptors (Lipinski definition) is 2. The fourth-order valence-electron chi connectivity index (χ4n) is 2.23. The van der Waals surface area contributed by atoms with Gasteiger partial charge in [-0.1, -0.05) is 23.8 Å². The second-order valence-electron chi connectivity index (χ2n) is 4.53. The van der Waals surface area contributed by atoms with Gasteiger partial charge in [0.25, 0.3) is 0 Å². The summed E-state index contributed by atoms with van der Waals surface area (Å²) in [6.45, 7) is 1.99. The first kappa shape index (κ1) is 12.2. The van der Waals surface area contributed by atoms with E-state index in [4.69, 9.17) is 4.74 Å². The average molecular weight is 231 g/mol. The van der Waals surface area contributed by atoms with Gasteiger partial charge in [-0.25, -0.2) is 0 Å². The van der Waals surface area contributed by atoms with Gasteiger partial charge in [0, 0.05) is 6.54 Å². The van der Waals surface area contributed by atoms with Crippen LogP contribution in [0.25, 0.3) is 0 Å². The van der Waals surface area contributed by atoms with Gasteiger partial charge in [-0.15, -0.1) is 0 Å². The van der Waals surface area contributed by atoms with Crippen molar-refractivity contribution in [2.45, 2.75) is 32.2 Å². The van der Waals surface area contributed by atoms with Gasteiger partial charge in [0.05, 0.1) is 7.11 Å². The van der Waals surface area contributed by atoms with E-state index >= 15 is 0 Å². The normalized spacial score (nSPS) is 14.8.